The third-order valence-electron chi connectivity index (χ3n) is 4.89. The number of aromatic nitrogens is 4. The Morgan fingerprint density at radius 3 is 2.83 bits per heavy atom. The smallest absolute Gasteiger partial charge is 0.273 e. The molecule has 154 valence electrons. The highest BCUT2D eigenvalue weighted by atomic mass is 79.9. The van der Waals surface area contributed by atoms with E-state index < -0.39 is 5.91 Å². The van der Waals surface area contributed by atoms with Crippen LogP contribution in [0.2, 0.25) is 0 Å². The molecule has 0 bridgehead atoms. The number of fused-ring (bicyclic) bond motifs is 1. The van der Waals surface area contributed by atoms with Crippen molar-refractivity contribution in [2.24, 2.45) is 5.73 Å². The lowest BCUT2D eigenvalue weighted by Gasteiger charge is -2.26. The summed E-state index contributed by atoms with van der Waals surface area (Å²) in [5, 5.41) is 14.2. The molecule has 0 saturated carbocycles. The van der Waals surface area contributed by atoms with Gasteiger partial charge in [0.15, 0.2) is 11.5 Å². The molecule has 4 N–H and O–H groups in total. The summed E-state index contributed by atoms with van der Waals surface area (Å²) in [6.45, 7) is 3.80. The Morgan fingerprint density at radius 2 is 2.07 bits per heavy atom. The molecular weight excluding hydrogens is 448 g/mol. The normalized spacial score (nSPS) is 13.6. The van der Waals surface area contributed by atoms with E-state index in [0.717, 1.165) is 35.2 Å². The van der Waals surface area contributed by atoms with Gasteiger partial charge in [-0.2, -0.15) is 4.98 Å². The van der Waals surface area contributed by atoms with Crippen LogP contribution in [-0.2, 0) is 13.0 Å². The maximum absolute atomic E-state index is 11.8. The van der Waals surface area contributed by atoms with Crippen molar-refractivity contribution in [2.75, 3.05) is 24.2 Å². The molecule has 0 saturated heterocycles. The molecule has 1 aliphatic rings. The van der Waals surface area contributed by atoms with E-state index in [1.54, 1.807) is 6.20 Å². The molecular formula is C20H21BrN8O. The number of carbonyl (C=O) groups excluding carboxylic acids is 1. The Balaban J connectivity index is 1.65. The minimum absolute atomic E-state index is 0.0566. The third-order valence-corrected chi connectivity index (χ3v) is 5.60. The van der Waals surface area contributed by atoms with Gasteiger partial charge >= 0.3 is 0 Å². The molecule has 0 spiro atoms. The van der Waals surface area contributed by atoms with E-state index in [9.17, 15) is 4.79 Å². The number of carbonyl (C=O) groups is 1. The Morgan fingerprint density at radius 1 is 1.23 bits per heavy atom. The minimum Gasteiger partial charge on any atom is -0.364 e. The second kappa shape index (κ2) is 8.33. The average molecular weight is 469 g/mol. The molecule has 4 rings (SSSR count). The van der Waals surface area contributed by atoms with Crippen molar-refractivity contribution in [1.29, 1.82) is 0 Å². The van der Waals surface area contributed by atoms with E-state index in [1.165, 1.54) is 11.1 Å². The van der Waals surface area contributed by atoms with Crippen molar-refractivity contribution in [3.8, 4) is 0 Å². The van der Waals surface area contributed by atoms with E-state index >= 15 is 0 Å². The summed E-state index contributed by atoms with van der Waals surface area (Å²) in [4.78, 5) is 22.8. The van der Waals surface area contributed by atoms with Crippen LogP contribution in [0.5, 0.6) is 0 Å². The van der Waals surface area contributed by atoms with Crippen LogP contribution in [0.25, 0.3) is 0 Å². The zero-order valence-corrected chi connectivity index (χ0v) is 18.2. The predicted octanol–water partition coefficient (Wildman–Crippen LogP) is 2.91. The van der Waals surface area contributed by atoms with Gasteiger partial charge in [0, 0.05) is 29.4 Å². The van der Waals surface area contributed by atoms with Gasteiger partial charge in [0.05, 0.1) is 0 Å². The Labute approximate surface area is 182 Å². The molecule has 3 aromatic rings. The van der Waals surface area contributed by atoms with E-state index in [4.69, 9.17) is 5.73 Å². The molecule has 1 aliphatic heterocycles. The van der Waals surface area contributed by atoms with Crippen molar-refractivity contribution < 1.29 is 4.79 Å². The number of amides is 1. The number of anilines is 4. The largest absolute Gasteiger partial charge is 0.364 e. The van der Waals surface area contributed by atoms with Gasteiger partial charge < -0.3 is 21.3 Å². The molecule has 1 aromatic carbocycles. The van der Waals surface area contributed by atoms with Crippen LogP contribution in [-0.4, -0.2) is 44.6 Å². The molecule has 3 heterocycles. The van der Waals surface area contributed by atoms with E-state index in [-0.39, 0.29) is 17.5 Å². The Kier molecular flexibility index (Phi) is 5.60. The molecule has 30 heavy (non-hydrogen) atoms. The number of nitrogens with two attached hydrogens (primary N) is 1. The second-order valence-electron chi connectivity index (χ2n) is 7.20. The second-order valence-corrected chi connectivity index (χ2v) is 8.05. The predicted molar refractivity (Wildman–Crippen MR) is 118 cm³/mol. The molecule has 0 radical (unpaired) electrons. The van der Waals surface area contributed by atoms with Crippen LogP contribution in [0.3, 0.4) is 0 Å². The number of aryl methyl sites for hydroxylation is 1. The molecule has 0 aliphatic carbocycles. The van der Waals surface area contributed by atoms with Gasteiger partial charge in [-0.05, 0) is 55.3 Å². The van der Waals surface area contributed by atoms with E-state index in [1.807, 2.05) is 25.1 Å². The number of hydrogen-bond acceptors (Lipinski definition) is 8. The summed E-state index contributed by atoms with van der Waals surface area (Å²) < 4.78 is 1.04. The van der Waals surface area contributed by atoms with Crippen LogP contribution < -0.4 is 16.4 Å². The molecule has 0 unspecified atom stereocenters. The maximum Gasteiger partial charge on any atom is 0.273 e. The molecule has 0 atom stereocenters. The number of likely N-dealkylation sites (N-methyl/N-ethyl adjacent to an activating group) is 1. The van der Waals surface area contributed by atoms with Crippen LogP contribution in [0.15, 0.2) is 34.9 Å². The molecule has 9 nitrogen and oxygen atoms in total. The first kappa shape index (κ1) is 20.2. The number of nitrogens with one attached hydrogen (secondary N) is 2. The average Bonchev–Trinajstić information content (AvgIpc) is 2.69. The van der Waals surface area contributed by atoms with Crippen molar-refractivity contribution in [3.63, 3.8) is 0 Å². The lowest BCUT2D eigenvalue weighted by Crippen LogP contribution is -2.26. The van der Waals surface area contributed by atoms with Gasteiger partial charge in [0.25, 0.3) is 5.91 Å². The number of rotatable bonds is 5. The monoisotopic (exact) mass is 468 g/mol. The van der Waals surface area contributed by atoms with Crippen LogP contribution in [0, 0.1) is 6.92 Å². The van der Waals surface area contributed by atoms with Crippen LogP contribution in [0.4, 0.5) is 23.3 Å². The molecule has 0 fully saturated rings. The fraction of sp³-hybridized carbons (Fsp3) is 0.250. The lowest BCUT2D eigenvalue weighted by atomic mass is 9.99. The summed E-state index contributed by atoms with van der Waals surface area (Å²) in [6.07, 6.45) is 2.64. The van der Waals surface area contributed by atoms with Gasteiger partial charge in [-0.25, -0.2) is 4.98 Å². The molecule has 10 heteroatoms. The third kappa shape index (κ3) is 4.24. The first-order valence-electron chi connectivity index (χ1n) is 9.40. The summed E-state index contributed by atoms with van der Waals surface area (Å²) in [5.41, 5.74) is 9.66. The van der Waals surface area contributed by atoms with Gasteiger partial charge in [0.2, 0.25) is 5.95 Å². The number of primary amides is 1. The minimum atomic E-state index is -0.725. The molecule has 1 amide bonds. The van der Waals surface area contributed by atoms with Crippen LogP contribution >= 0.6 is 15.9 Å². The zero-order valence-electron chi connectivity index (χ0n) is 16.6. The maximum atomic E-state index is 11.8. The summed E-state index contributed by atoms with van der Waals surface area (Å²) in [6, 6.07) is 7.80. The Hall–Kier alpha value is -3.11. The number of benzene rings is 1. The number of hydrogen-bond donors (Lipinski definition) is 3. The Bertz CT molecular complexity index is 1120. The fourth-order valence-corrected chi connectivity index (χ4v) is 4.05. The molecule has 2 aromatic heterocycles. The fourth-order valence-electron chi connectivity index (χ4n) is 3.35. The van der Waals surface area contributed by atoms with Gasteiger partial charge in [-0.1, -0.05) is 22.0 Å². The summed E-state index contributed by atoms with van der Waals surface area (Å²) >= 11 is 3.67. The lowest BCUT2D eigenvalue weighted by molar-refractivity contribution is 0.0995. The standard InChI is InChI=1S/C20H21BrN8O/c1-11-4-3-6-23-18(11)25-19-16(17(22)30)27-28-20(26-19)24-13-8-12-10-29(2)7-5-14(12)15(21)9-13/h3-4,6,8-9H,5,7,10H2,1-2H3,(H2,22,30)(H2,23,24,25,26,28). The van der Waals surface area contributed by atoms with Gasteiger partial charge in [-0.3, -0.25) is 4.79 Å². The first-order valence-corrected chi connectivity index (χ1v) is 10.2. The van der Waals surface area contributed by atoms with Crippen molar-refractivity contribution in [3.05, 3.63) is 57.3 Å². The summed E-state index contributed by atoms with van der Waals surface area (Å²) in [5.74, 6) is 0.272. The quantitative estimate of drug-likeness (QED) is 0.522. The number of pyridine rings is 1. The highest BCUT2D eigenvalue weighted by Crippen LogP contribution is 2.31. The van der Waals surface area contributed by atoms with Crippen LogP contribution in [0.1, 0.15) is 27.2 Å². The summed E-state index contributed by atoms with van der Waals surface area (Å²) in [7, 11) is 2.10. The first-order chi connectivity index (χ1) is 14.4. The highest BCUT2D eigenvalue weighted by Gasteiger charge is 2.19. The SMILES string of the molecule is Cc1cccnc1Nc1nc(Nc2cc(Br)c3c(c2)CN(C)CC3)nnc1C(N)=O. The van der Waals surface area contributed by atoms with Crippen molar-refractivity contribution in [2.45, 2.75) is 19.9 Å². The van der Waals surface area contributed by atoms with E-state index in [0.29, 0.717) is 5.82 Å². The zero-order chi connectivity index (χ0) is 21.3. The van der Waals surface area contributed by atoms with E-state index in [2.05, 4.69) is 64.7 Å². The number of halogens is 1. The van der Waals surface area contributed by atoms with Crippen molar-refractivity contribution in [1.82, 2.24) is 25.1 Å². The highest BCUT2D eigenvalue weighted by molar-refractivity contribution is 9.10. The van der Waals surface area contributed by atoms with Gasteiger partial charge in [-0.15, -0.1) is 10.2 Å². The number of nitrogens with zero attached hydrogens (tertiary/aromatic N) is 5. The van der Waals surface area contributed by atoms with Crippen molar-refractivity contribution >= 4 is 45.1 Å². The van der Waals surface area contributed by atoms with Gasteiger partial charge in [0.1, 0.15) is 5.82 Å². The topological polar surface area (TPSA) is 122 Å².